The summed E-state index contributed by atoms with van der Waals surface area (Å²) in [5.74, 6) is 0.107. The van der Waals surface area contributed by atoms with Crippen molar-refractivity contribution in [2.75, 3.05) is 13.2 Å². The van der Waals surface area contributed by atoms with E-state index in [0.717, 1.165) is 11.3 Å². The number of hydrogen-bond donors (Lipinski definition) is 2. The maximum atomic E-state index is 11.7. The van der Waals surface area contributed by atoms with Crippen molar-refractivity contribution in [3.05, 3.63) is 16.5 Å². The van der Waals surface area contributed by atoms with Crippen molar-refractivity contribution in [2.45, 2.75) is 17.6 Å². The number of hydrogen-bond acceptors (Lipinski definition) is 4. The van der Waals surface area contributed by atoms with E-state index >= 15 is 0 Å². The second kappa shape index (κ2) is 5.97. The first-order valence-corrected chi connectivity index (χ1v) is 7.49. The van der Waals surface area contributed by atoms with Gasteiger partial charge < -0.3 is 5.11 Å². The predicted molar refractivity (Wildman–Crippen MR) is 65.4 cm³/mol. The van der Waals surface area contributed by atoms with Gasteiger partial charge in [0, 0.05) is 13.2 Å². The molecule has 0 radical (unpaired) electrons. The SMILES string of the molecule is CC(CCO)CNS(=O)(=O)c1ccc(Cl)s1. The fourth-order valence-electron chi connectivity index (χ4n) is 1.09. The highest BCUT2D eigenvalue weighted by Gasteiger charge is 2.17. The quantitative estimate of drug-likeness (QED) is 0.835. The molecular weight excluding hydrogens is 270 g/mol. The summed E-state index contributed by atoms with van der Waals surface area (Å²) in [5.41, 5.74) is 0. The molecule has 0 bridgehead atoms. The van der Waals surface area contributed by atoms with Gasteiger partial charge in [-0.1, -0.05) is 18.5 Å². The van der Waals surface area contributed by atoms with Gasteiger partial charge in [-0.05, 0) is 24.5 Å². The molecule has 1 aromatic rings. The van der Waals surface area contributed by atoms with Crippen molar-refractivity contribution in [1.82, 2.24) is 4.72 Å². The maximum absolute atomic E-state index is 11.7. The minimum Gasteiger partial charge on any atom is -0.396 e. The molecule has 7 heteroatoms. The summed E-state index contributed by atoms with van der Waals surface area (Å²) in [6, 6.07) is 3.03. The van der Waals surface area contributed by atoms with Crippen molar-refractivity contribution in [3.8, 4) is 0 Å². The third-order valence-electron chi connectivity index (χ3n) is 2.06. The first kappa shape index (κ1) is 13.9. The number of sulfonamides is 1. The topological polar surface area (TPSA) is 66.4 Å². The number of aliphatic hydroxyl groups is 1. The van der Waals surface area contributed by atoms with Gasteiger partial charge in [0.25, 0.3) is 0 Å². The lowest BCUT2D eigenvalue weighted by atomic mass is 10.1. The lowest BCUT2D eigenvalue weighted by Crippen LogP contribution is -2.28. The Kier molecular flexibility index (Phi) is 5.20. The van der Waals surface area contributed by atoms with Crippen LogP contribution in [0.1, 0.15) is 13.3 Å². The summed E-state index contributed by atoms with van der Waals surface area (Å²) in [4.78, 5) is 0. The van der Waals surface area contributed by atoms with Crippen LogP contribution in [0.25, 0.3) is 0 Å². The minimum absolute atomic E-state index is 0.0632. The van der Waals surface area contributed by atoms with Crippen molar-refractivity contribution in [3.63, 3.8) is 0 Å². The molecule has 0 saturated carbocycles. The van der Waals surface area contributed by atoms with Crippen molar-refractivity contribution >= 4 is 33.0 Å². The van der Waals surface area contributed by atoms with Gasteiger partial charge in [0.15, 0.2) is 0 Å². The molecule has 4 nitrogen and oxygen atoms in total. The Morgan fingerprint density at radius 2 is 2.25 bits per heavy atom. The molecule has 16 heavy (non-hydrogen) atoms. The van der Waals surface area contributed by atoms with E-state index in [2.05, 4.69) is 4.72 Å². The Hall–Kier alpha value is -0.140. The van der Waals surface area contributed by atoms with Gasteiger partial charge in [-0.25, -0.2) is 13.1 Å². The molecule has 0 aliphatic heterocycles. The highest BCUT2D eigenvalue weighted by molar-refractivity contribution is 7.91. The largest absolute Gasteiger partial charge is 0.396 e. The minimum atomic E-state index is -3.45. The van der Waals surface area contributed by atoms with Crippen LogP contribution in [0.5, 0.6) is 0 Å². The van der Waals surface area contributed by atoms with Crippen LogP contribution in [0.2, 0.25) is 4.34 Å². The summed E-state index contributed by atoms with van der Waals surface area (Å²) in [7, 11) is -3.45. The molecule has 0 aromatic carbocycles. The Balaban J connectivity index is 2.59. The van der Waals surface area contributed by atoms with E-state index in [1.807, 2.05) is 6.92 Å². The molecule has 0 aliphatic carbocycles. The molecule has 1 aromatic heterocycles. The van der Waals surface area contributed by atoms with Gasteiger partial charge in [-0.2, -0.15) is 0 Å². The monoisotopic (exact) mass is 283 g/mol. The van der Waals surface area contributed by atoms with Crippen LogP contribution in [-0.4, -0.2) is 26.7 Å². The van der Waals surface area contributed by atoms with Crippen LogP contribution in [0.4, 0.5) is 0 Å². The van der Waals surface area contributed by atoms with Gasteiger partial charge in [-0.15, -0.1) is 11.3 Å². The Labute approximate surface area is 104 Å². The van der Waals surface area contributed by atoms with Gasteiger partial charge in [0.05, 0.1) is 4.34 Å². The first-order valence-electron chi connectivity index (χ1n) is 4.81. The summed E-state index contributed by atoms with van der Waals surface area (Å²) >= 11 is 6.70. The average molecular weight is 284 g/mol. The summed E-state index contributed by atoms with van der Waals surface area (Å²) in [5, 5.41) is 8.69. The number of halogens is 1. The van der Waals surface area contributed by atoms with Crippen LogP contribution in [-0.2, 0) is 10.0 Å². The normalized spacial score (nSPS) is 13.9. The molecule has 0 spiro atoms. The molecule has 0 fully saturated rings. The molecule has 0 amide bonds. The van der Waals surface area contributed by atoms with E-state index in [4.69, 9.17) is 16.7 Å². The molecule has 1 rings (SSSR count). The zero-order valence-electron chi connectivity index (χ0n) is 8.81. The van der Waals surface area contributed by atoms with Crippen molar-refractivity contribution in [2.24, 2.45) is 5.92 Å². The highest BCUT2D eigenvalue weighted by atomic mass is 35.5. The van der Waals surface area contributed by atoms with Gasteiger partial charge >= 0.3 is 0 Å². The zero-order valence-corrected chi connectivity index (χ0v) is 11.2. The standard InChI is InChI=1S/C9H14ClNO3S2/c1-7(4-5-12)6-11-16(13,14)9-3-2-8(10)15-9/h2-3,7,11-12H,4-6H2,1H3. The van der Waals surface area contributed by atoms with E-state index in [0.29, 0.717) is 17.3 Å². The van der Waals surface area contributed by atoms with Crippen molar-refractivity contribution < 1.29 is 13.5 Å². The lowest BCUT2D eigenvalue weighted by molar-refractivity contribution is 0.263. The Bertz CT molecular complexity index is 430. The molecule has 0 aliphatic rings. The van der Waals surface area contributed by atoms with Crippen LogP contribution in [0.3, 0.4) is 0 Å². The van der Waals surface area contributed by atoms with E-state index in [1.54, 1.807) is 6.07 Å². The molecule has 92 valence electrons. The summed E-state index contributed by atoms with van der Waals surface area (Å²) in [6.07, 6.45) is 0.577. The average Bonchev–Trinajstić information content (AvgIpc) is 2.63. The van der Waals surface area contributed by atoms with Gasteiger partial charge in [0.2, 0.25) is 10.0 Å². The predicted octanol–water partition coefficient (Wildman–Crippen LogP) is 1.70. The van der Waals surface area contributed by atoms with Crippen molar-refractivity contribution in [1.29, 1.82) is 0 Å². The highest BCUT2D eigenvalue weighted by Crippen LogP contribution is 2.25. The molecule has 1 atom stereocenters. The second-order valence-corrected chi connectivity index (χ2v) is 7.24. The summed E-state index contributed by atoms with van der Waals surface area (Å²) in [6.45, 7) is 2.26. The number of rotatable bonds is 6. The third-order valence-corrected chi connectivity index (χ3v) is 5.20. The number of nitrogens with one attached hydrogen (secondary N) is 1. The molecule has 2 N–H and O–H groups in total. The smallest absolute Gasteiger partial charge is 0.250 e. The molecular formula is C9H14ClNO3S2. The molecule has 1 unspecified atom stereocenters. The third kappa shape index (κ3) is 4.03. The van der Waals surface area contributed by atoms with Crippen LogP contribution in [0, 0.1) is 5.92 Å². The van der Waals surface area contributed by atoms with E-state index in [1.165, 1.54) is 6.07 Å². The Morgan fingerprint density at radius 1 is 1.56 bits per heavy atom. The zero-order chi connectivity index (χ0) is 12.2. The molecule has 1 heterocycles. The second-order valence-electron chi connectivity index (χ2n) is 3.53. The Morgan fingerprint density at radius 3 is 2.75 bits per heavy atom. The number of thiophene rings is 1. The summed E-state index contributed by atoms with van der Waals surface area (Å²) < 4.78 is 26.6. The fourth-order valence-corrected chi connectivity index (χ4v) is 3.78. The molecule has 0 saturated heterocycles. The van der Waals surface area contributed by atoms with E-state index < -0.39 is 10.0 Å². The fraction of sp³-hybridized carbons (Fsp3) is 0.556. The van der Waals surface area contributed by atoms with E-state index in [9.17, 15) is 8.42 Å². The van der Waals surface area contributed by atoms with Crippen LogP contribution < -0.4 is 4.72 Å². The van der Waals surface area contributed by atoms with Crippen LogP contribution >= 0.6 is 22.9 Å². The maximum Gasteiger partial charge on any atom is 0.250 e. The first-order chi connectivity index (χ1) is 7.45. The lowest BCUT2D eigenvalue weighted by Gasteiger charge is -2.10. The van der Waals surface area contributed by atoms with E-state index in [-0.39, 0.29) is 16.7 Å². The van der Waals surface area contributed by atoms with Gasteiger partial charge in [0.1, 0.15) is 4.21 Å². The van der Waals surface area contributed by atoms with Crippen LogP contribution in [0.15, 0.2) is 16.3 Å². The van der Waals surface area contributed by atoms with Gasteiger partial charge in [-0.3, -0.25) is 0 Å². The number of aliphatic hydroxyl groups excluding tert-OH is 1.